The van der Waals surface area contributed by atoms with Gasteiger partial charge in [0.15, 0.2) is 0 Å². The van der Waals surface area contributed by atoms with E-state index in [1.54, 1.807) is 36.5 Å². The molecule has 2 amide bonds. The number of thiophene rings is 1. The standard InChI is InChI=1S/C20H17N3O2S/c1-14-5-2-3-7-18(14)20(25)22-16-10-8-15(9-11-16)19(24)23-21-13-17-6-4-12-26-17/h2-13H,1H3,(H,22,25)(H,23,24)/b21-13-. The van der Waals surface area contributed by atoms with Gasteiger partial charge < -0.3 is 5.32 Å². The number of nitrogens with zero attached hydrogens (tertiary/aromatic N) is 1. The smallest absolute Gasteiger partial charge is 0.271 e. The summed E-state index contributed by atoms with van der Waals surface area (Å²) in [6.07, 6.45) is 1.60. The molecule has 1 aromatic heterocycles. The Morgan fingerprint density at radius 2 is 1.73 bits per heavy atom. The van der Waals surface area contributed by atoms with Gasteiger partial charge in [0.1, 0.15) is 0 Å². The van der Waals surface area contributed by atoms with Crippen LogP contribution in [0.2, 0.25) is 0 Å². The van der Waals surface area contributed by atoms with Gasteiger partial charge >= 0.3 is 0 Å². The fourth-order valence-electron chi connectivity index (χ4n) is 2.31. The molecule has 0 unspecified atom stereocenters. The number of hydrogen-bond donors (Lipinski definition) is 2. The van der Waals surface area contributed by atoms with Crippen molar-refractivity contribution in [3.63, 3.8) is 0 Å². The summed E-state index contributed by atoms with van der Waals surface area (Å²) >= 11 is 1.54. The lowest BCUT2D eigenvalue weighted by molar-refractivity contribution is 0.0954. The van der Waals surface area contributed by atoms with E-state index in [-0.39, 0.29) is 11.8 Å². The van der Waals surface area contributed by atoms with Crippen LogP contribution in [0.3, 0.4) is 0 Å². The Kier molecular flexibility index (Phi) is 5.56. The number of amides is 2. The van der Waals surface area contributed by atoms with E-state index in [4.69, 9.17) is 0 Å². The van der Waals surface area contributed by atoms with E-state index >= 15 is 0 Å². The van der Waals surface area contributed by atoms with Crippen LogP contribution in [0.15, 0.2) is 71.1 Å². The zero-order valence-corrected chi connectivity index (χ0v) is 14.9. The number of aryl methyl sites for hydroxylation is 1. The highest BCUT2D eigenvalue weighted by molar-refractivity contribution is 7.11. The lowest BCUT2D eigenvalue weighted by Crippen LogP contribution is -2.18. The molecule has 1 heterocycles. The highest BCUT2D eigenvalue weighted by atomic mass is 32.1. The van der Waals surface area contributed by atoms with Crippen molar-refractivity contribution in [2.24, 2.45) is 5.10 Å². The summed E-state index contributed by atoms with van der Waals surface area (Å²) in [6, 6.07) is 17.9. The van der Waals surface area contributed by atoms with E-state index in [1.165, 1.54) is 11.3 Å². The van der Waals surface area contributed by atoms with Gasteiger partial charge in [-0.3, -0.25) is 9.59 Å². The van der Waals surface area contributed by atoms with Gasteiger partial charge in [0.2, 0.25) is 0 Å². The molecule has 6 heteroatoms. The summed E-state index contributed by atoms with van der Waals surface area (Å²) in [5.74, 6) is -0.490. The number of hydrogen-bond acceptors (Lipinski definition) is 4. The van der Waals surface area contributed by atoms with Crippen molar-refractivity contribution < 1.29 is 9.59 Å². The molecule has 0 aliphatic rings. The van der Waals surface area contributed by atoms with E-state index in [0.717, 1.165) is 10.4 Å². The molecule has 0 aliphatic heterocycles. The summed E-state index contributed by atoms with van der Waals surface area (Å²) in [5, 5.41) is 8.69. The Morgan fingerprint density at radius 3 is 2.42 bits per heavy atom. The molecule has 0 saturated heterocycles. The van der Waals surface area contributed by atoms with Crippen LogP contribution in [0, 0.1) is 6.92 Å². The van der Waals surface area contributed by atoms with E-state index in [0.29, 0.717) is 16.8 Å². The van der Waals surface area contributed by atoms with Crippen LogP contribution < -0.4 is 10.7 Å². The Labute approximate surface area is 155 Å². The molecule has 0 radical (unpaired) electrons. The van der Waals surface area contributed by atoms with Crippen molar-refractivity contribution in [3.8, 4) is 0 Å². The molecule has 0 aliphatic carbocycles. The molecule has 0 fully saturated rings. The first-order valence-electron chi connectivity index (χ1n) is 7.97. The highest BCUT2D eigenvalue weighted by Gasteiger charge is 2.09. The lowest BCUT2D eigenvalue weighted by atomic mass is 10.1. The predicted octanol–water partition coefficient (Wildman–Crippen LogP) is 4.07. The monoisotopic (exact) mass is 363 g/mol. The maximum absolute atomic E-state index is 12.3. The van der Waals surface area contributed by atoms with Crippen LogP contribution in [-0.4, -0.2) is 18.0 Å². The molecule has 2 N–H and O–H groups in total. The van der Waals surface area contributed by atoms with Gasteiger partial charge in [-0.2, -0.15) is 5.10 Å². The van der Waals surface area contributed by atoms with E-state index < -0.39 is 0 Å². The van der Waals surface area contributed by atoms with E-state index in [9.17, 15) is 9.59 Å². The predicted molar refractivity (Wildman–Crippen MR) is 105 cm³/mol. The first-order valence-corrected chi connectivity index (χ1v) is 8.85. The maximum Gasteiger partial charge on any atom is 0.271 e. The largest absolute Gasteiger partial charge is 0.322 e. The van der Waals surface area contributed by atoms with Crippen LogP contribution in [-0.2, 0) is 0 Å². The minimum absolute atomic E-state index is 0.180. The number of rotatable bonds is 5. The Bertz CT molecular complexity index is 932. The molecule has 3 aromatic rings. The van der Waals surface area contributed by atoms with E-state index in [1.807, 2.05) is 42.6 Å². The fraction of sp³-hybridized carbons (Fsp3) is 0.0500. The third-order valence-corrected chi connectivity index (χ3v) is 4.50. The molecule has 5 nitrogen and oxygen atoms in total. The minimum atomic E-state index is -0.311. The number of benzene rings is 2. The number of hydrazone groups is 1. The Morgan fingerprint density at radius 1 is 0.962 bits per heavy atom. The molecule has 26 heavy (non-hydrogen) atoms. The van der Waals surface area contributed by atoms with Crippen molar-refractivity contribution in [1.29, 1.82) is 0 Å². The summed E-state index contributed by atoms with van der Waals surface area (Å²) in [4.78, 5) is 25.3. The van der Waals surface area contributed by atoms with Crippen molar-refractivity contribution in [2.75, 3.05) is 5.32 Å². The molecule has 2 aromatic carbocycles. The molecule has 130 valence electrons. The minimum Gasteiger partial charge on any atom is -0.322 e. The molecule has 0 bridgehead atoms. The van der Waals surface area contributed by atoms with E-state index in [2.05, 4.69) is 15.8 Å². The van der Waals surface area contributed by atoms with Gasteiger partial charge in [-0.05, 0) is 54.3 Å². The van der Waals surface area contributed by atoms with Crippen molar-refractivity contribution in [1.82, 2.24) is 5.43 Å². The fourth-order valence-corrected chi connectivity index (χ4v) is 2.90. The summed E-state index contributed by atoms with van der Waals surface area (Å²) in [7, 11) is 0. The zero-order chi connectivity index (χ0) is 18.4. The summed E-state index contributed by atoms with van der Waals surface area (Å²) < 4.78 is 0. The second kappa shape index (κ2) is 8.22. The highest BCUT2D eigenvalue weighted by Crippen LogP contribution is 2.13. The SMILES string of the molecule is Cc1ccccc1C(=O)Nc1ccc(C(=O)N/N=C\c2cccs2)cc1. The van der Waals surface area contributed by atoms with Crippen LogP contribution in [0.5, 0.6) is 0 Å². The topological polar surface area (TPSA) is 70.6 Å². The Hall–Kier alpha value is -3.25. The average molecular weight is 363 g/mol. The third kappa shape index (κ3) is 4.43. The first kappa shape index (κ1) is 17.6. The van der Waals surface area contributed by atoms with Gasteiger partial charge in [-0.1, -0.05) is 24.3 Å². The molecular formula is C20H17N3O2S. The van der Waals surface area contributed by atoms with Crippen molar-refractivity contribution >= 4 is 35.1 Å². The number of carbonyl (C=O) groups excluding carboxylic acids is 2. The first-order chi connectivity index (χ1) is 12.6. The number of carbonyl (C=O) groups is 2. The van der Waals surface area contributed by atoms with Gasteiger partial charge in [0.05, 0.1) is 6.21 Å². The van der Waals surface area contributed by atoms with Crippen molar-refractivity contribution in [3.05, 3.63) is 87.6 Å². The number of nitrogens with one attached hydrogen (secondary N) is 2. The quantitative estimate of drug-likeness (QED) is 0.530. The van der Waals surface area contributed by atoms with Crippen LogP contribution in [0.1, 0.15) is 31.2 Å². The molecular weight excluding hydrogens is 346 g/mol. The molecule has 0 spiro atoms. The molecule has 0 saturated carbocycles. The zero-order valence-electron chi connectivity index (χ0n) is 14.1. The van der Waals surface area contributed by atoms with Crippen LogP contribution in [0.25, 0.3) is 0 Å². The Balaban J connectivity index is 1.60. The second-order valence-corrected chi connectivity index (χ2v) is 6.54. The average Bonchev–Trinajstić information content (AvgIpc) is 3.16. The maximum atomic E-state index is 12.3. The molecule has 3 rings (SSSR count). The van der Waals surface area contributed by atoms with Gasteiger partial charge in [0.25, 0.3) is 11.8 Å². The van der Waals surface area contributed by atoms with Gasteiger partial charge in [0, 0.05) is 21.7 Å². The molecule has 0 atom stereocenters. The lowest BCUT2D eigenvalue weighted by Gasteiger charge is -2.08. The van der Waals surface area contributed by atoms with Crippen molar-refractivity contribution in [2.45, 2.75) is 6.92 Å². The van der Waals surface area contributed by atoms with Crippen LogP contribution >= 0.6 is 11.3 Å². The van der Waals surface area contributed by atoms with Gasteiger partial charge in [-0.15, -0.1) is 11.3 Å². The van der Waals surface area contributed by atoms with Crippen LogP contribution in [0.4, 0.5) is 5.69 Å². The third-order valence-electron chi connectivity index (χ3n) is 3.70. The summed E-state index contributed by atoms with van der Waals surface area (Å²) in [5.41, 5.74) is 5.09. The summed E-state index contributed by atoms with van der Waals surface area (Å²) in [6.45, 7) is 1.89. The number of anilines is 1. The van der Waals surface area contributed by atoms with Gasteiger partial charge in [-0.25, -0.2) is 5.43 Å². The second-order valence-electron chi connectivity index (χ2n) is 5.56. The normalized spacial score (nSPS) is 10.7.